The molecule has 26 heavy (non-hydrogen) atoms. The van der Waals surface area contributed by atoms with E-state index in [0.717, 1.165) is 5.56 Å². The summed E-state index contributed by atoms with van der Waals surface area (Å²) in [5, 5.41) is 18.3. The van der Waals surface area contributed by atoms with Crippen LogP contribution in [0.2, 0.25) is 0 Å². The highest BCUT2D eigenvalue weighted by molar-refractivity contribution is 7.08. The lowest BCUT2D eigenvalue weighted by atomic mass is 10.1. The molecule has 1 N–H and O–H groups in total. The van der Waals surface area contributed by atoms with Gasteiger partial charge in [-0.15, -0.1) is 5.10 Å². The van der Waals surface area contributed by atoms with E-state index in [2.05, 4.69) is 20.8 Å². The van der Waals surface area contributed by atoms with Gasteiger partial charge in [0.2, 0.25) is 5.91 Å². The van der Waals surface area contributed by atoms with Gasteiger partial charge in [-0.05, 0) is 51.0 Å². The summed E-state index contributed by atoms with van der Waals surface area (Å²) >= 11 is 1.54. The molecule has 8 nitrogen and oxygen atoms in total. The average molecular weight is 367 g/mol. The molecule has 9 heteroatoms. The van der Waals surface area contributed by atoms with E-state index in [-0.39, 0.29) is 23.8 Å². The highest BCUT2D eigenvalue weighted by atomic mass is 32.1. The molecule has 0 fully saturated rings. The van der Waals surface area contributed by atoms with Crippen molar-refractivity contribution in [3.05, 3.63) is 69.5 Å². The third-order valence-electron chi connectivity index (χ3n) is 3.93. The van der Waals surface area contributed by atoms with Crippen LogP contribution in [0.5, 0.6) is 0 Å². The lowest BCUT2D eigenvalue weighted by Crippen LogP contribution is -2.20. The van der Waals surface area contributed by atoms with E-state index in [1.165, 1.54) is 18.7 Å². The molecule has 0 spiro atoms. The number of nitrogens with zero attached hydrogens (tertiary/aromatic N) is 4. The molecule has 0 aliphatic rings. The fourth-order valence-corrected chi connectivity index (χ4v) is 3.40. The van der Waals surface area contributed by atoms with Gasteiger partial charge >= 0.3 is 0 Å². The summed E-state index contributed by atoms with van der Waals surface area (Å²) in [6.45, 7) is 0. The van der Waals surface area contributed by atoms with Crippen LogP contribution in [-0.4, -0.2) is 26.1 Å². The third kappa shape index (κ3) is 3.24. The minimum atomic E-state index is -0.304. The second kappa shape index (κ2) is 6.89. The number of anilines is 1. The van der Waals surface area contributed by atoms with Crippen LogP contribution in [0, 0.1) is 0 Å². The molecular formula is C17H13N5O3S. The van der Waals surface area contributed by atoms with Gasteiger partial charge in [-0.25, -0.2) is 4.68 Å². The molecule has 0 saturated carbocycles. The van der Waals surface area contributed by atoms with Crippen LogP contribution in [-0.2, 0) is 4.79 Å². The number of fused-ring (bicyclic) bond motifs is 1. The molecule has 0 aliphatic carbocycles. The van der Waals surface area contributed by atoms with Gasteiger partial charge in [0.1, 0.15) is 11.9 Å². The number of benzene rings is 1. The first-order chi connectivity index (χ1) is 12.7. The number of nitrogens with one attached hydrogen (secondary N) is 1. The van der Waals surface area contributed by atoms with Crippen molar-refractivity contribution in [1.29, 1.82) is 0 Å². The Bertz CT molecular complexity index is 1060. The topological polar surface area (TPSA) is 103 Å². The number of thiophene rings is 1. The number of hydrogen-bond donors (Lipinski definition) is 1. The molecule has 3 aromatic heterocycles. The molecule has 3 heterocycles. The monoisotopic (exact) mass is 367 g/mol. The van der Waals surface area contributed by atoms with Gasteiger partial charge in [0, 0.05) is 11.8 Å². The summed E-state index contributed by atoms with van der Waals surface area (Å²) in [4.78, 5) is 24.5. The lowest BCUT2D eigenvalue weighted by molar-refractivity contribution is -0.116. The maximum Gasteiger partial charge on any atom is 0.226 e. The Hall–Kier alpha value is -3.33. The largest absolute Gasteiger partial charge is 0.464 e. The minimum Gasteiger partial charge on any atom is -0.464 e. The molecular weight excluding hydrogens is 354 g/mol. The zero-order valence-electron chi connectivity index (χ0n) is 13.4. The molecule has 1 aromatic carbocycles. The Labute approximate surface area is 151 Å². The van der Waals surface area contributed by atoms with Crippen molar-refractivity contribution in [2.45, 2.75) is 12.5 Å². The van der Waals surface area contributed by atoms with Crippen molar-refractivity contribution in [2.75, 3.05) is 5.32 Å². The SMILES string of the molecule is O=C(C[C@@H](c1ccsc1)n1cnnn1)Nc1ccc2occc(=O)c2c1. The number of rotatable bonds is 5. The van der Waals surface area contributed by atoms with Crippen molar-refractivity contribution in [2.24, 2.45) is 0 Å². The normalized spacial score (nSPS) is 12.2. The average Bonchev–Trinajstić information content (AvgIpc) is 3.34. The number of carbonyl (C=O) groups excluding carboxylic acids is 1. The van der Waals surface area contributed by atoms with Crippen molar-refractivity contribution in [3.63, 3.8) is 0 Å². The van der Waals surface area contributed by atoms with Gasteiger partial charge in [-0.3, -0.25) is 9.59 Å². The van der Waals surface area contributed by atoms with Gasteiger partial charge in [0.25, 0.3) is 0 Å². The molecule has 0 aliphatic heterocycles. The van der Waals surface area contributed by atoms with E-state index in [0.29, 0.717) is 16.7 Å². The van der Waals surface area contributed by atoms with E-state index >= 15 is 0 Å². The summed E-state index contributed by atoms with van der Waals surface area (Å²) in [6, 6.07) is 7.94. The summed E-state index contributed by atoms with van der Waals surface area (Å²) in [6.07, 6.45) is 2.99. The Balaban J connectivity index is 1.56. The van der Waals surface area contributed by atoms with Crippen LogP contribution >= 0.6 is 11.3 Å². The number of carbonyl (C=O) groups is 1. The van der Waals surface area contributed by atoms with Crippen LogP contribution in [0.4, 0.5) is 5.69 Å². The summed E-state index contributed by atoms with van der Waals surface area (Å²) in [5.41, 5.74) is 1.80. The Morgan fingerprint density at radius 3 is 3.00 bits per heavy atom. The quantitative estimate of drug-likeness (QED) is 0.581. The van der Waals surface area contributed by atoms with E-state index in [4.69, 9.17) is 4.42 Å². The summed E-state index contributed by atoms with van der Waals surface area (Å²) < 4.78 is 6.83. The zero-order chi connectivity index (χ0) is 17.9. The van der Waals surface area contributed by atoms with Crippen LogP contribution in [0.25, 0.3) is 11.0 Å². The lowest BCUT2D eigenvalue weighted by Gasteiger charge is -2.15. The molecule has 0 unspecified atom stereocenters. The summed E-state index contributed by atoms with van der Waals surface area (Å²) in [7, 11) is 0. The molecule has 1 atom stereocenters. The third-order valence-corrected chi connectivity index (χ3v) is 4.64. The van der Waals surface area contributed by atoms with Gasteiger partial charge in [0.15, 0.2) is 5.43 Å². The van der Waals surface area contributed by atoms with Crippen LogP contribution in [0.1, 0.15) is 18.0 Å². The first kappa shape index (κ1) is 16.2. The van der Waals surface area contributed by atoms with Crippen molar-refractivity contribution >= 4 is 33.9 Å². The maximum atomic E-state index is 12.5. The maximum absolute atomic E-state index is 12.5. The number of hydrogen-bond acceptors (Lipinski definition) is 7. The highest BCUT2D eigenvalue weighted by Crippen LogP contribution is 2.24. The van der Waals surface area contributed by atoms with E-state index < -0.39 is 0 Å². The number of tetrazole rings is 1. The first-order valence-electron chi connectivity index (χ1n) is 7.77. The van der Waals surface area contributed by atoms with E-state index in [1.54, 1.807) is 34.2 Å². The highest BCUT2D eigenvalue weighted by Gasteiger charge is 2.20. The molecule has 4 aromatic rings. The summed E-state index contributed by atoms with van der Waals surface area (Å²) in [5.74, 6) is -0.212. The Morgan fingerprint density at radius 2 is 2.23 bits per heavy atom. The van der Waals surface area contributed by atoms with E-state index in [9.17, 15) is 9.59 Å². The van der Waals surface area contributed by atoms with Crippen molar-refractivity contribution in [1.82, 2.24) is 20.2 Å². The molecule has 130 valence electrons. The molecule has 0 saturated heterocycles. The number of amides is 1. The van der Waals surface area contributed by atoms with E-state index in [1.807, 2.05) is 16.8 Å². The standard InChI is InChI=1S/C17H13N5O3S/c23-15-3-5-25-16-2-1-12(7-13(15)16)19-17(24)8-14(11-4-6-26-9-11)22-10-18-20-21-22/h1-7,9-10,14H,8H2,(H,19,24)/t14-/m0/s1. The predicted molar refractivity (Wildman–Crippen MR) is 96.0 cm³/mol. The molecule has 0 radical (unpaired) electrons. The Morgan fingerprint density at radius 1 is 1.31 bits per heavy atom. The van der Waals surface area contributed by atoms with Crippen LogP contribution in [0.15, 0.2) is 62.9 Å². The zero-order valence-corrected chi connectivity index (χ0v) is 14.2. The number of aromatic nitrogens is 4. The first-order valence-corrected chi connectivity index (χ1v) is 8.71. The van der Waals surface area contributed by atoms with Gasteiger partial charge in [-0.2, -0.15) is 11.3 Å². The Kier molecular flexibility index (Phi) is 4.28. The van der Waals surface area contributed by atoms with Gasteiger partial charge in [0.05, 0.1) is 24.1 Å². The van der Waals surface area contributed by atoms with Crippen molar-refractivity contribution < 1.29 is 9.21 Å². The van der Waals surface area contributed by atoms with Crippen LogP contribution in [0.3, 0.4) is 0 Å². The fourth-order valence-electron chi connectivity index (χ4n) is 2.69. The molecule has 4 rings (SSSR count). The molecule has 1 amide bonds. The second-order valence-electron chi connectivity index (χ2n) is 5.61. The van der Waals surface area contributed by atoms with Crippen LogP contribution < -0.4 is 10.7 Å². The fraction of sp³-hybridized carbons (Fsp3) is 0.118. The van der Waals surface area contributed by atoms with Gasteiger partial charge in [-0.1, -0.05) is 0 Å². The molecule has 0 bridgehead atoms. The van der Waals surface area contributed by atoms with Gasteiger partial charge < -0.3 is 9.73 Å². The second-order valence-corrected chi connectivity index (χ2v) is 6.39. The van der Waals surface area contributed by atoms with Crippen molar-refractivity contribution in [3.8, 4) is 0 Å². The predicted octanol–water partition coefficient (Wildman–Crippen LogP) is 2.46. The minimum absolute atomic E-state index is 0.156. The smallest absolute Gasteiger partial charge is 0.226 e.